The van der Waals surface area contributed by atoms with Gasteiger partial charge in [-0.3, -0.25) is 0 Å². The highest BCUT2D eigenvalue weighted by Gasteiger charge is 2.65. The summed E-state index contributed by atoms with van der Waals surface area (Å²) in [6, 6.07) is 0. The summed E-state index contributed by atoms with van der Waals surface area (Å²) in [5.41, 5.74) is -2.05. The quantitative estimate of drug-likeness (QED) is 0.551. The van der Waals surface area contributed by atoms with Crippen molar-refractivity contribution in [1.29, 1.82) is 0 Å². The van der Waals surface area contributed by atoms with E-state index in [1.54, 1.807) is 13.8 Å². The highest BCUT2D eigenvalue weighted by atomic mass is 19.3. The fourth-order valence-corrected chi connectivity index (χ4v) is 1.23. The van der Waals surface area contributed by atoms with Crippen molar-refractivity contribution in [2.24, 2.45) is 5.41 Å². The number of hydrogen-bond acceptors (Lipinski definition) is 1. The number of allylic oxidation sites excluding steroid dienone is 1. The molecule has 0 unspecified atom stereocenters. The Morgan fingerprint density at radius 3 is 1.67 bits per heavy atom. The van der Waals surface area contributed by atoms with Gasteiger partial charge in [-0.05, 0) is 27.7 Å². The lowest BCUT2D eigenvalue weighted by molar-refractivity contribution is -0.0827. The third-order valence-corrected chi connectivity index (χ3v) is 3.02. The van der Waals surface area contributed by atoms with Crippen LogP contribution >= 0.6 is 0 Å². The number of halogens is 2. The van der Waals surface area contributed by atoms with E-state index >= 15 is 0 Å². The van der Waals surface area contributed by atoms with Crippen LogP contribution in [0.15, 0.2) is 12.3 Å². The molecule has 1 aliphatic rings. The average molecular weight is 176 g/mol. The molecule has 3 heteroatoms. The molecular formula is C9H14F2O. The summed E-state index contributed by atoms with van der Waals surface area (Å²) in [4.78, 5) is 0. The SMILES string of the molecule is C=C1OC(C)(C)C(C)(C)C1(F)F. The van der Waals surface area contributed by atoms with E-state index in [-0.39, 0.29) is 0 Å². The third-order valence-electron chi connectivity index (χ3n) is 3.02. The molecule has 0 aromatic heterocycles. The minimum atomic E-state index is -2.93. The maximum Gasteiger partial charge on any atom is 0.312 e. The van der Waals surface area contributed by atoms with Gasteiger partial charge in [0.05, 0.1) is 5.41 Å². The zero-order valence-electron chi connectivity index (χ0n) is 7.87. The molecule has 0 atom stereocenters. The lowest BCUT2D eigenvalue weighted by Crippen LogP contribution is -2.44. The van der Waals surface area contributed by atoms with E-state index in [0.29, 0.717) is 0 Å². The topological polar surface area (TPSA) is 9.23 Å². The van der Waals surface area contributed by atoms with Crippen LogP contribution in [0.5, 0.6) is 0 Å². The molecule has 1 aliphatic heterocycles. The molecule has 0 amide bonds. The Morgan fingerprint density at radius 2 is 1.58 bits per heavy atom. The maximum atomic E-state index is 13.4. The summed E-state index contributed by atoms with van der Waals surface area (Å²) < 4.78 is 31.8. The van der Waals surface area contributed by atoms with Gasteiger partial charge in [0.1, 0.15) is 5.60 Å². The summed E-state index contributed by atoms with van der Waals surface area (Å²) in [7, 11) is 0. The molecule has 0 spiro atoms. The van der Waals surface area contributed by atoms with Crippen molar-refractivity contribution in [3.8, 4) is 0 Å². The predicted octanol–water partition coefficient (Wildman–Crippen LogP) is 2.97. The zero-order chi connectivity index (χ0) is 9.78. The van der Waals surface area contributed by atoms with Gasteiger partial charge < -0.3 is 4.74 Å². The van der Waals surface area contributed by atoms with Crippen LogP contribution in [0.25, 0.3) is 0 Å². The van der Waals surface area contributed by atoms with Crippen LogP contribution in [0.4, 0.5) is 8.78 Å². The molecule has 0 aromatic carbocycles. The molecule has 0 aromatic rings. The Bertz CT molecular complexity index is 229. The molecule has 0 saturated carbocycles. The molecule has 70 valence electrons. The van der Waals surface area contributed by atoms with Crippen molar-refractivity contribution in [1.82, 2.24) is 0 Å². The van der Waals surface area contributed by atoms with Crippen molar-refractivity contribution in [3.05, 3.63) is 12.3 Å². The zero-order valence-corrected chi connectivity index (χ0v) is 7.87. The molecule has 1 fully saturated rings. The fraction of sp³-hybridized carbons (Fsp3) is 0.778. The summed E-state index contributed by atoms with van der Waals surface area (Å²) >= 11 is 0. The van der Waals surface area contributed by atoms with Gasteiger partial charge in [-0.25, -0.2) is 0 Å². The molecular weight excluding hydrogens is 162 g/mol. The van der Waals surface area contributed by atoms with Crippen LogP contribution in [0.3, 0.4) is 0 Å². The summed E-state index contributed by atoms with van der Waals surface area (Å²) in [6.45, 7) is 9.51. The standard InChI is InChI=1S/C9H14F2O/c1-6-9(10,11)7(2,3)8(4,5)12-6/h1H2,2-5H3. The summed E-state index contributed by atoms with van der Waals surface area (Å²) in [5, 5.41) is 0. The molecule has 1 rings (SSSR count). The monoisotopic (exact) mass is 176 g/mol. The van der Waals surface area contributed by atoms with E-state index in [0.717, 1.165) is 0 Å². The molecule has 1 nitrogen and oxygen atoms in total. The molecule has 0 aliphatic carbocycles. The normalized spacial score (nSPS) is 30.0. The second-order valence-electron chi connectivity index (χ2n) is 4.23. The minimum absolute atomic E-state index is 0.419. The van der Waals surface area contributed by atoms with Crippen LogP contribution in [-0.4, -0.2) is 11.5 Å². The summed E-state index contributed by atoms with van der Waals surface area (Å²) in [6.07, 6.45) is 0. The smallest absolute Gasteiger partial charge is 0.312 e. The first-order chi connectivity index (χ1) is 5.13. The van der Waals surface area contributed by atoms with E-state index in [2.05, 4.69) is 6.58 Å². The Morgan fingerprint density at radius 1 is 1.17 bits per heavy atom. The first kappa shape index (κ1) is 9.49. The van der Waals surface area contributed by atoms with Crippen molar-refractivity contribution in [2.45, 2.75) is 39.2 Å². The van der Waals surface area contributed by atoms with Gasteiger partial charge in [0.2, 0.25) is 0 Å². The van der Waals surface area contributed by atoms with Gasteiger partial charge in [0.25, 0.3) is 0 Å². The van der Waals surface area contributed by atoms with Crippen LogP contribution in [-0.2, 0) is 4.74 Å². The van der Waals surface area contributed by atoms with Crippen molar-refractivity contribution in [2.75, 3.05) is 0 Å². The first-order valence-corrected chi connectivity index (χ1v) is 3.89. The van der Waals surface area contributed by atoms with Crippen LogP contribution in [0, 0.1) is 5.41 Å². The largest absolute Gasteiger partial charge is 0.486 e. The van der Waals surface area contributed by atoms with Gasteiger partial charge >= 0.3 is 5.92 Å². The van der Waals surface area contributed by atoms with Gasteiger partial charge in [-0.2, -0.15) is 8.78 Å². The number of alkyl halides is 2. The highest BCUT2D eigenvalue weighted by molar-refractivity contribution is 5.19. The van der Waals surface area contributed by atoms with E-state index < -0.39 is 22.7 Å². The second kappa shape index (κ2) is 2.01. The first-order valence-electron chi connectivity index (χ1n) is 3.89. The lowest BCUT2D eigenvalue weighted by Gasteiger charge is -2.34. The van der Waals surface area contributed by atoms with Crippen LogP contribution in [0.1, 0.15) is 27.7 Å². The second-order valence-corrected chi connectivity index (χ2v) is 4.23. The Balaban J connectivity index is 3.19. The fourth-order valence-electron chi connectivity index (χ4n) is 1.23. The minimum Gasteiger partial charge on any atom is -0.486 e. The Labute approximate surface area is 71.4 Å². The lowest BCUT2D eigenvalue weighted by atomic mass is 9.74. The third kappa shape index (κ3) is 0.822. The molecule has 0 N–H and O–H groups in total. The molecule has 12 heavy (non-hydrogen) atoms. The molecule has 1 heterocycles. The van der Waals surface area contributed by atoms with Crippen molar-refractivity contribution in [3.63, 3.8) is 0 Å². The summed E-state index contributed by atoms with van der Waals surface area (Å²) in [5.74, 6) is -3.35. The predicted molar refractivity (Wildman–Crippen MR) is 43.0 cm³/mol. The van der Waals surface area contributed by atoms with E-state index in [9.17, 15) is 8.78 Å². The molecule has 0 bridgehead atoms. The van der Waals surface area contributed by atoms with E-state index in [4.69, 9.17) is 4.74 Å². The van der Waals surface area contributed by atoms with Gasteiger partial charge in [0, 0.05) is 0 Å². The van der Waals surface area contributed by atoms with Gasteiger partial charge in [0.15, 0.2) is 5.76 Å². The molecule has 1 saturated heterocycles. The highest BCUT2D eigenvalue weighted by Crippen LogP contribution is 2.56. The Hall–Kier alpha value is -0.600. The van der Waals surface area contributed by atoms with Gasteiger partial charge in [-0.1, -0.05) is 6.58 Å². The molecule has 0 radical (unpaired) electrons. The van der Waals surface area contributed by atoms with Crippen LogP contribution in [0.2, 0.25) is 0 Å². The maximum absolute atomic E-state index is 13.4. The van der Waals surface area contributed by atoms with Crippen molar-refractivity contribution >= 4 is 0 Å². The number of rotatable bonds is 0. The van der Waals surface area contributed by atoms with Gasteiger partial charge in [-0.15, -0.1) is 0 Å². The average Bonchev–Trinajstić information content (AvgIpc) is 1.92. The van der Waals surface area contributed by atoms with E-state index in [1.165, 1.54) is 13.8 Å². The Kier molecular flexibility index (Phi) is 1.59. The van der Waals surface area contributed by atoms with Crippen LogP contribution < -0.4 is 0 Å². The number of hydrogen-bond donors (Lipinski definition) is 0. The van der Waals surface area contributed by atoms with E-state index in [1.807, 2.05) is 0 Å². The number of ether oxygens (including phenoxy) is 1. The van der Waals surface area contributed by atoms with Crippen molar-refractivity contribution < 1.29 is 13.5 Å².